The number of hydrogen-bond acceptors (Lipinski definition) is 24. The molecule has 0 saturated heterocycles. The lowest BCUT2D eigenvalue weighted by molar-refractivity contribution is -0.272. The summed E-state index contributed by atoms with van der Waals surface area (Å²) in [4.78, 5) is 207. The van der Waals surface area contributed by atoms with Crippen molar-refractivity contribution in [3.8, 4) is 0 Å². The molecule has 11 N–H and O–H groups in total. The zero-order valence-corrected chi connectivity index (χ0v) is 71.2. The van der Waals surface area contributed by atoms with Gasteiger partial charge in [-0.3, -0.25) is 57.5 Å². The number of rotatable bonds is 67. The molecule has 33 heteroatoms. The van der Waals surface area contributed by atoms with E-state index in [1.807, 2.05) is 77.9 Å². The minimum atomic E-state index is -0.970. The van der Waals surface area contributed by atoms with Crippen LogP contribution in [-0.4, -0.2) is 226 Å². The normalized spacial score (nSPS) is 12.5. The molecule has 3 aromatic carbocycles. The molecule has 0 aliphatic rings. The number of carbonyl (C=O) groups excluding carboxylic acids is 15. The van der Waals surface area contributed by atoms with Crippen molar-refractivity contribution in [2.24, 2.45) is 41.2 Å². The standard InChI is InChI=1S/C85H128N10O23.C2H4/c1-59(2)47-71(93-80(105)65(50-62-21-11-8-12-22-62)53-68(96)56-90-83(108)115-44-41-112-37-17-33-86)74(99)27-30-77(102)87-34-18-38-113-42-45-116-84(109)91-57-69(97)54-66(51-63-23-13-9-14-24-63)81(106)94-72(48-60(3)4)75(100)28-31-78(103)88-35-19-39-114-43-46-117-85(110)92-58-70(98)55-67(52-64-25-15-10-16-26-64)82(107)95-73(49-61(5)6)76(101)29-32-79(104)89-36-20-40-118-111-7;1-2/h8-16,21-26,59-61,65-67,71-73H,17-20,27-58,86H2,1-7H3,(H,87,102)(H,88,103)(H,89,104)(H,90,108)(H,91,109)(H,92,110)(H,93,105)(H,94,106)(H,95,107);1-2H2. The first-order valence-corrected chi connectivity index (χ1v) is 41.4. The van der Waals surface area contributed by atoms with Gasteiger partial charge in [-0.15, -0.1) is 13.2 Å². The van der Waals surface area contributed by atoms with Gasteiger partial charge in [0.15, 0.2) is 34.7 Å². The molecule has 6 atom stereocenters. The number of Topliss-reactive ketones (excluding diaryl/α,β-unsaturated/α-hetero) is 6. The van der Waals surface area contributed by atoms with Crippen molar-refractivity contribution in [1.82, 2.24) is 47.9 Å². The lowest BCUT2D eigenvalue weighted by Gasteiger charge is -2.23. The molecule has 0 radical (unpaired) electrons. The highest BCUT2D eigenvalue weighted by atomic mass is 17.2. The van der Waals surface area contributed by atoms with Gasteiger partial charge < -0.3 is 82.0 Å². The third-order valence-corrected chi connectivity index (χ3v) is 18.1. The summed E-state index contributed by atoms with van der Waals surface area (Å²) in [5.74, 6) is -7.88. The zero-order valence-electron chi connectivity index (χ0n) is 71.2. The summed E-state index contributed by atoms with van der Waals surface area (Å²) >= 11 is 0. The van der Waals surface area contributed by atoms with Gasteiger partial charge in [-0.1, -0.05) is 133 Å². The van der Waals surface area contributed by atoms with E-state index in [0.29, 0.717) is 51.8 Å². The maximum atomic E-state index is 14.0. The zero-order chi connectivity index (χ0) is 88.7. The fourth-order valence-corrected chi connectivity index (χ4v) is 12.1. The summed E-state index contributed by atoms with van der Waals surface area (Å²) in [6.45, 7) is 18.1. The molecule has 0 aliphatic heterocycles. The summed E-state index contributed by atoms with van der Waals surface area (Å²) in [5.41, 5.74) is 7.77. The van der Waals surface area contributed by atoms with Crippen LogP contribution in [0.3, 0.4) is 0 Å². The van der Waals surface area contributed by atoms with Crippen LogP contribution in [0.25, 0.3) is 0 Å². The number of hydrogen-bond donors (Lipinski definition) is 10. The third kappa shape index (κ3) is 52.7. The van der Waals surface area contributed by atoms with Gasteiger partial charge in [0.25, 0.3) is 0 Å². The first kappa shape index (κ1) is 106. The average Bonchev–Trinajstić information content (AvgIpc) is 0.874. The largest absolute Gasteiger partial charge is 0.447 e. The Labute approximate surface area is 706 Å². The molecule has 33 nitrogen and oxygen atoms in total. The van der Waals surface area contributed by atoms with Gasteiger partial charge in [-0.2, -0.15) is 0 Å². The summed E-state index contributed by atoms with van der Waals surface area (Å²) in [6.07, 6.45) is -0.943. The Bertz CT molecular complexity index is 3540. The predicted molar refractivity (Wildman–Crippen MR) is 448 cm³/mol. The van der Waals surface area contributed by atoms with Gasteiger partial charge in [0, 0.05) is 115 Å². The second-order valence-electron chi connectivity index (χ2n) is 29.9. The molecule has 0 heterocycles. The molecule has 0 saturated carbocycles. The van der Waals surface area contributed by atoms with Crippen molar-refractivity contribution in [3.63, 3.8) is 0 Å². The van der Waals surface area contributed by atoms with Crippen molar-refractivity contribution < 1.29 is 110 Å². The molecular weight excluding hydrogens is 1550 g/mol. The Morgan fingerprint density at radius 1 is 0.350 bits per heavy atom. The Morgan fingerprint density at radius 2 is 0.625 bits per heavy atom. The number of ether oxygens (including phenoxy) is 6. The number of carbonyl (C=O) groups is 15. The van der Waals surface area contributed by atoms with Crippen LogP contribution in [-0.2, 0) is 115 Å². The Kier molecular flexibility index (Phi) is 57.9. The molecule has 0 fully saturated rings. The minimum absolute atomic E-state index is 0.00545. The maximum absolute atomic E-state index is 14.0. The molecule has 0 bridgehead atoms. The molecular formula is C87H132N10O23. The number of ketones is 6. The number of nitrogens with one attached hydrogen (secondary N) is 9. The number of benzene rings is 3. The molecule has 3 aromatic rings. The van der Waals surface area contributed by atoms with E-state index in [1.165, 1.54) is 7.11 Å². The highest BCUT2D eigenvalue weighted by Gasteiger charge is 2.33. The van der Waals surface area contributed by atoms with Crippen molar-refractivity contribution in [3.05, 3.63) is 121 Å². The van der Waals surface area contributed by atoms with Crippen LogP contribution in [0.4, 0.5) is 14.4 Å². The van der Waals surface area contributed by atoms with Gasteiger partial charge in [0.1, 0.15) is 19.8 Å². The number of amides is 9. The Balaban J connectivity index is 0.0000242. The highest BCUT2D eigenvalue weighted by Crippen LogP contribution is 2.21. The summed E-state index contributed by atoms with van der Waals surface area (Å²) in [7, 11) is 1.38. The van der Waals surface area contributed by atoms with Crippen LogP contribution < -0.4 is 53.6 Å². The van der Waals surface area contributed by atoms with Crippen LogP contribution in [0.15, 0.2) is 104 Å². The highest BCUT2D eigenvalue weighted by molar-refractivity contribution is 5.97. The topological polar surface area (TPSA) is 464 Å². The molecule has 9 amide bonds. The van der Waals surface area contributed by atoms with Crippen LogP contribution >= 0.6 is 0 Å². The van der Waals surface area contributed by atoms with E-state index in [0.717, 1.165) is 16.7 Å². The van der Waals surface area contributed by atoms with Crippen molar-refractivity contribution in [2.75, 3.05) is 119 Å². The van der Waals surface area contributed by atoms with Crippen molar-refractivity contribution in [2.45, 2.75) is 182 Å². The van der Waals surface area contributed by atoms with E-state index in [9.17, 15) is 71.9 Å². The maximum Gasteiger partial charge on any atom is 0.407 e. The first-order valence-electron chi connectivity index (χ1n) is 41.4. The summed E-state index contributed by atoms with van der Waals surface area (Å²) in [6, 6.07) is 24.3. The SMILES string of the molecule is C=C.COOCCCNC(=O)CCC(=O)C(CC(C)C)NC(=O)C(CC(=O)CNC(=O)OCCOCCCNC(=O)CCC(=O)C(CC(C)C)NC(=O)C(CC(=O)CNC(=O)OCCOCCCNC(=O)CCC(=O)C(CC(C)C)NC(=O)C(CC(=O)CNC(=O)OCCOCCCN)Cc1ccccc1)Cc1ccccc1)Cc1ccccc1. The van der Waals surface area contributed by atoms with E-state index in [2.05, 4.69) is 65.9 Å². The Hall–Kier alpha value is -10.2. The minimum Gasteiger partial charge on any atom is -0.447 e. The van der Waals surface area contributed by atoms with E-state index in [4.69, 9.17) is 39.0 Å². The third-order valence-electron chi connectivity index (χ3n) is 18.1. The molecule has 668 valence electrons. The second-order valence-corrected chi connectivity index (χ2v) is 29.9. The van der Waals surface area contributed by atoms with Crippen LogP contribution in [0.5, 0.6) is 0 Å². The van der Waals surface area contributed by atoms with Crippen molar-refractivity contribution >= 4 is 88.4 Å². The summed E-state index contributed by atoms with van der Waals surface area (Å²) in [5, 5.41) is 23.9. The monoisotopic (exact) mass is 1680 g/mol. The Morgan fingerprint density at radius 3 is 0.892 bits per heavy atom. The van der Waals surface area contributed by atoms with Gasteiger partial charge >= 0.3 is 18.3 Å². The molecule has 0 aromatic heterocycles. The van der Waals surface area contributed by atoms with E-state index in [-0.39, 0.29) is 210 Å². The fourth-order valence-electron chi connectivity index (χ4n) is 12.1. The molecule has 0 aliphatic carbocycles. The van der Waals surface area contributed by atoms with E-state index < -0.39 is 114 Å². The second kappa shape index (κ2) is 65.6. The van der Waals surface area contributed by atoms with Gasteiger partial charge in [-0.25, -0.2) is 24.2 Å². The van der Waals surface area contributed by atoms with E-state index in [1.54, 1.807) is 54.6 Å². The first-order chi connectivity index (χ1) is 57.6. The van der Waals surface area contributed by atoms with Gasteiger partial charge in [0.05, 0.1) is 71.3 Å². The van der Waals surface area contributed by atoms with Gasteiger partial charge in [-0.05, 0) is 105 Å². The fraction of sp³-hybridized carbons (Fsp3) is 0.598. The van der Waals surface area contributed by atoms with Crippen LogP contribution in [0.2, 0.25) is 0 Å². The number of alkyl carbamates (subject to hydrolysis) is 3. The van der Waals surface area contributed by atoms with Crippen LogP contribution in [0.1, 0.15) is 161 Å². The lowest BCUT2D eigenvalue weighted by Crippen LogP contribution is -2.46. The van der Waals surface area contributed by atoms with Crippen LogP contribution in [0, 0.1) is 35.5 Å². The van der Waals surface area contributed by atoms with Crippen molar-refractivity contribution in [1.29, 1.82) is 0 Å². The van der Waals surface area contributed by atoms with E-state index >= 15 is 0 Å². The molecule has 120 heavy (non-hydrogen) atoms. The number of nitrogens with two attached hydrogens (primary N) is 1. The molecule has 6 unspecified atom stereocenters. The van der Waals surface area contributed by atoms with Gasteiger partial charge in [0.2, 0.25) is 35.4 Å². The predicted octanol–water partition coefficient (Wildman–Crippen LogP) is 6.56. The molecule has 0 spiro atoms. The quantitative estimate of drug-likeness (QED) is 0.00940. The smallest absolute Gasteiger partial charge is 0.407 e. The summed E-state index contributed by atoms with van der Waals surface area (Å²) < 4.78 is 31.8. The lowest BCUT2D eigenvalue weighted by atomic mass is 9.91. The molecule has 3 rings (SSSR count). The average molecular weight is 1690 g/mol.